The molecule has 2 aromatic rings. The van der Waals surface area contributed by atoms with E-state index < -0.39 is 6.10 Å². The standard InChI is InChI=1S/C18H24N4O2/c1-12-6-13(2)22(21-12)11-15-5-3-4-14(7-15)9-20-18(24)17-8-16(23)10-19-17/h3-7,16-17,19,23H,8-11H2,1-2H3,(H,20,24)/t16-,17+/m1/s1. The van der Waals surface area contributed by atoms with Gasteiger partial charge in [0.2, 0.25) is 5.91 Å². The van der Waals surface area contributed by atoms with E-state index in [2.05, 4.69) is 33.9 Å². The zero-order chi connectivity index (χ0) is 17.1. The monoisotopic (exact) mass is 328 g/mol. The van der Waals surface area contributed by atoms with E-state index in [9.17, 15) is 9.90 Å². The molecule has 3 rings (SSSR count). The van der Waals surface area contributed by atoms with Crippen LogP contribution in [0.3, 0.4) is 0 Å². The second kappa shape index (κ2) is 7.15. The molecule has 1 aliphatic rings. The number of nitrogens with one attached hydrogen (secondary N) is 2. The number of aromatic nitrogens is 2. The lowest BCUT2D eigenvalue weighted by atomic mass is 10.1. The molecule has 6 nitrogen and oxygen atoms in total. The van der Waals surface area contributed by atoms with Gasteiger partial charge in [0.1, 0.15) is 0 Å². The van der Waals surface area contributed by atoms with Gasteiger partial charge in [0, 0.05) is 18.8 Å². The van der Waals surface area contributed by atoms with Crippen molar-refractivity contribution < 1.29 is 9.90 Å². The fourth-order valence-electron chi connectivity index (χ4n) is 3.08. The summed E-state index contributed by atoms with van der Waals surface area (Å²) in [7, 11) is 0. The van der Waals surface area contributed by atoms with Gasteiger partial charge in [-0.15, -0.1) is 0 Å². The van der Waals surface area contributed by atoms with Crippen molar-refractivity contribution in [2.75, 3.05) is 6.54 Å². The molecule has 1 aromatic heterocycles. The average Bonchev–Trinajstić information content (AvgIpc) is 3.11. The number of aryl methyl sites for hydroxylation is 2. The highest BCUT2D eigenvalue weighted by Crippen LogP contribution is 2.11. The summed E-state index contributed by atoms with van der Waals surface area (Å²) in [6.45, 7) is 5.72. The van der Waals surface area contributed by atoms with Crippen LogP contribution in [0.1, 0.15) is 28.9 Å². The Morgan fingerprint density at radius 1 is 1.38 bits per heavy atom. The maximum Gasteiger partial charge on any atom is 0.237 e. The van der Waals surface area contributed by atoms with Gasteiger partial charge in [-0.25, -0.2) is 0 Å². The maximum atomic E-state index is 12.1. The lowest BCUT2D eigenvalue weighted by molar-refractivity contribution is -0.123. The van der Waals surface area contributed by atoms with E-state index >= 15 is 0 Å². The molecular weight excluding hydrogens is 304 g/mol. The summed E-state index contributed by atoms with van der Waals surface area (Å²) in [6, 6.07) is 9.93. The second-order valence-corrected chi connectivity index (χ2v) is 6.47. The number of β-amino-alcohol motifs (C(OH)–C–C–N with tert-alkyl or cyclic N) is 1. The van der Waals surface area contributed by atoms with E-state index in [-0.39, 0.29) is 11.9 Å². The van der Waals surface area contributed by atoms with Gasteiger partial charge in [0.25, 0.3) is 0 Å². The van der Waals surface area contributed by atoms with Crippen LogP contribution in [-0.4, -0.2) is 39.5 Å². The number of carbonyl (C=O) groups is 1. The molecule has 0 radical (unpaired) electrons. The Morgan fingerprint density at radius 2 is 2.17 bits per heavy atom. The van der Waals surface area contributed by atoms with E-state index in [1.807, 2.05) is 30.7 Å². The predicted molar refractivity (Wildman–Crippen MR) is 91.5 cm³/mol. The van der Waals surface area contributed by atoms with E-state index in [0.717, 1.165) is 29.1 Å². The van der Waals surface area contributed by atoms with Crippen LogP contribution >= 0.6 is 0 Å². The van der Waals surface area contributed by atoms with Gasteiger partial charge < -0.3 is 15.7 Å². The van der Waals surface area contributed by atoms with Gasteiger partial charge in [-0.3, -0.25) is 9.48 Å². The minimum atomic E-state index is -0.426. The van der Waals surface area contributed by atoms with E-state index in [0.29, 0.717) is 19.5 Å². The zero-order valence-corrected chi connectivity index (χ0v) is 14.1. The Kier molecular flexibility index (Phi) is 4.97. The van der Waals surface area contributed by atoms with Crippen LogP contribution in [0, 0.1) is 13.8 Å². The second-order valence-electron chi connectivity index (χ2n) is 6.47. The smallest absolute Gasteiger partial charge is 0.237 e. The molecule has 0 aliphatic carbocycles. The van der Waals surface area contributed by atoms with Crippen LogP contribution in [0.4, 0.5) is 0 Å². The highest BCUT2D eigenvalue weighted by molar-refractivity contribution is 5.82. The lowest BCUT2D eigenvalue weighted by Crippen LogP contribution is -2.40. The van der Waals surface area contributed by atoms with Gasteiger partial charge in [-0.1, -0.05) is 24.3 Å². The topological polar surface area (TPSA) is 79.2 Å². The first-order chi connectivity index (χ1) is 11.5. The number of aliphatic hydroxyl groups excluding tert-OH is 1. The molecule has 0 bridgehead atoms. The fourth-order valence-corrected chi connectivity index (χ4v) is 3.08. The summed E-state index contributed by atoms with van der Waals surface area (Å²) in [6.07, 6.45) is 0.0499. The van der Waals surface area contributed by atoms with Crippen LogP contribution in [-0.2, 0) is 17.9 Å². The summed E-state index contributed by atoms with van der Waals surface area (Å²) in [5.41, 5.74) is 4.36. The van der Waals surface area contributed by atoms with Gasteiger partial charge in [-0.2, -0.15) is 5.10 Å². The number of carbonyl (C=O) groups excluding carboxylic acids is 1. The first-order valence-electron chi connectivity index (χ1n) is 8.29. The van der Waals surface area contributed by atoms with E-state index in [4.69, 9.17) is 0 Å². The fraction of sp³-hybridized carbons (Fsp3) is 0.444. The van der Waals surface area contributed by atoms with Crippen LogP contribution in [0.25, 0.3) is 0 Å². The normalized spacial score (nSPS) is 20.3. The Labute approximate surface area is 141 Å². The minimum Gasteiger partial charge on any atom is -0.392 e. The molecule has 2 atom stereocenters. The zero-order valence-electron chi connectivity index (χ0n) is 14.1. The van der Waals surface area contributed by atoms with Crippen LogP contribution in [0.2, 0.25) is 0 Å². The van der Waals surface area contributed by atoms with E-state index in [1.54, 1.807) is 0 Å². The molecule has 128 valence electrons. The third-order valence-electron chi connectivity index (χ3n) is 4.32. The number of amides is 1. The summed E-state index contributed by atoms with van der Waals surface area (Å²) in [4.78, 5) is 12.1. The molecule has 1 aromatic carbocycles. The van der Waals surface area contributed by atoms with Gasteiger partial charge in [-0.05, 0) is 37.5 Å². The van der Waals surface area contributed by atoms with Crippen LogP contribution in [0.5, 0.6) is 0 Å². The number of rotatable bonds is 5. The summed E-state index contributed by atoms with van der Waals surface area (Å²) >= 11 is 0. The number of benzene rings is 1. The maximum absolute atomic E-state index is 12.1. The number of aliphatic hydroxyl groups is 1. The van der Waals surface area contributed by atoms with Crippen LogP contribution in [0.15, 0.2) is 30.3 Å². The highest BCUT2D eigenvalue weighted by atomic mass is 16.3. The first-order valence-corrected chi connectivity index (χ1v) is 8.29. The van der Waals surface area contributed by atoms with Gasteiger partial charge >= 0.3 is 0 Å². The molecule has 3 N–H and O–H groups in total. The van der Waals surface area contributed by atoms with Crippen molar-refractivity contribution >= 4 is 5.91 Å². The summed E-state index contributed by atoms with van der Waals surface area (Å²) in [5.74, 6) is -0.0597. The quantitative estimate of drug-likeness (QED) is 0.761. The molecule has 1 amide bonds. The van der Waals surface area contributed by atoms with Crippen molar-refractivity contribution in [1.29, 1.82) is 0 Å². The van der Waals surface area contributed by atoms with Crippen molar-refractivity contribution in [3.8, 4) is 0 Å². The molecule has 6 heteroatoms. The van der Waals surface area contributed by atoms with Crippen molar-refractivity contribution in [2.24, 2.45) is 0 Å². The average molecular weight is 328 g/mol. The molecular formula is C18H24N4O2. The Morgan fingerprint density at radius 3 is 2.83 bits per heavy atom. The van der Waals surface area contributed by atoms with Crippen molar-refractivity contribution in [1.82, 2.24) is 20.4 Å². The molecule has 24 heavy (non-hydrogen) atoms. The molecule has 1 aliphatic heterocycles. The number of hydrogen-bond acceptors (Lipinski definition) is 4. The van der Waals surface area contributed by atoms with Crippen LogP contribution < -0.4 is 10.6 Å². The third kappa shape index (κ3) is 4.01. The van der Waals surface area contributed by atoms with Gasteiger partial charge in [0.15, 0.2) is 0 Å². The highest BCUT2D eigenvalue weighted by Gasteiger charge is 2.27. The Balaban J connectivity index is 1.59. The number of nitrogens with zero attached hydrogens (tertiary/aromatic N) is 2. The molecule has 1 fully saturated rings. The van der Waals surface area contributed by atoms with E-state index in [1.165, 1.54) is 0 Å². The minimum absolute atomic E-state index is 0.0597. The van der Waals surface area contributed by atoms with Crippen molar-refractivity contribution in [3.05, 3.63) is 52.8 Å². The largest absolute Gasteiger partial charge is 0.392 e. The number of hydrogen-bond donors (Lipinski definition) is 3. The lowest BCUT2D eigenvalue weighted by Gasteiger charge is -2.12. The molecule has 0 saturated carbocycles. The van der Waals surface area contributed by atoms with Gasteiger partial charge in [0.05, 0.1) is 24.4 Å². The predicted octanol–water partition coefficient (Wildman–Crippen LogP) is 0.887. The molecule has 2 heterocycles. The molecule has 1 saturated heterocycles. The van der Waals surface area contributed by atoms with Crippen molar-refractivity contribution in [2.45, 2.75) is 45.5 Å². The SMILES string of the molecule is Cc1cc(C)n(Cc2cccc(CNC(=O)[C@@H]3C[C@@H](O)CN3)c2)n1. The van der Waals surface area contributed by atoms with Crippen molar-refractivity contribution in [3.63, 3.8) is 0 Å². The Hall–Kier alpha value is -2.18. The summed E-state index contributed by atoms with van der Waals surface area (Å²) in [5, 5.41) is 19.9. The molecule has 0 unspecified atom stereocenters. The molecule has 0 spiro atoms. The third-order valence-corrected chi connectivity index (χ3v) is 4.32. The first kappa shape index (κ1) is 16.7. The summed E-state index contributed by atoms with van der Waals surface area (Å²) < 4.78 is 1.98. The Bertz CT molecular complexity index is 726.